The number of amides is 1. The Morgan fingerprint density at radius 2 is 1.94 bits per heavy atom. The van der Waals surface area contributed by atoms with Crippen molar-refractivity contribution < 1.29 is 19.4 Å². The summed E-state index contributed by atoms with van der Waals surface area (Å²) in [7, 11) is 0. The summed E-state index contributed by atoms with van der Waals surface area (Å²) >= 11 is 0. The third kappa shape index (κ3) is 10.2. The van der Waals surface area contributed by atoms with Crippen LogP contribution in [0.4, 0.5) is 0 Å². The molecule has 17 heavy (non-hydrogen) atoms. The van der Waals surface area contributed by atoms with Crippen molar-refractivity contribution in [2.45, 2.75) is 20.0 Å². The largest absolute Gasteiger partial charge is 0.391 e. The van der Waals surface area contributed by atoms with E-state index in [2.05, 4.69) is 5.32 Å². The van der Waals surface area contributed by atoms with Crippen LogP contribution in [-0.4, -0.2) is 56.6 Å². The lowest BCUT2D eigenvalue weighted by Crippen LogP contribution is -2.36. The minimum absolute atomic E-state index is 0.0171. The number of carbonyl (C=O) groups excluding carboxylic acids is 1. The molecule has 6 heteroatoms. The van der Waals surface area contributed by atoms with Crippen molar-refractivity contribution >= 4 is 5.91 Å². The summed E-state index contributed by atoms with van der Waals surface area (Å²) in [5.74, 6) is -0.107. The van der Waals surface area contributed by atoms with E-state index in [4.69, 9.17) is 15.2 Å². The maximum absolute atomic E-state index is 11.3. The summed E-state index contributed by atoms with van der Waals surface area (Å²) in [6.45, 7) is 5.79. The molecule has 4 N–H and O–H groups in total. The van der Waals surface area contributed by atoms with E-state index in [0.29, 0.717) is 26.4 Å². The van der Waals surface area contributed by atoms with Gasteiger partial charge in [0.2, 0.25) is 5.91 Å². The average Bonchev–Trinajstić information content (AvgIpc) is 2.30. The first-order valence-electron chi connectivity index (χ1n) is 5.88. The molecule has 6 nitrogen and oxygen atoms in total. The van der Waals surface area contributed by atoms with E-state index in [-0.39, 0.29) is 25.0 Å². The number of nitrogens with one attached hydrogen (secondary N) is 1. The quantitative estimate of drug-likeness (QED) is 0.436. The highest BCUT2D eigenvalue weighted by Gasteiger charge is 2.10. The van der Waals surface area contributed by atoms with E-state index in [0.717, 1.165) is 0 Å². The summed E-state index contributed by atoms with van der Waals surface area (Å²) in [5.41, 5.74) is 5.23. The second-order valence-electron chi connectivity index (χ2n) is 4.07. The van der Waals surface area contributed by atoms with E-state index >= 15 is 0 Å². The third-order valence-corrected chi connectivity index (χ3v) is 2.15. The fourth-order valence-corrected chi connectivity index (χ4v) is 0.973. The normalized spacial score (nSPS) is 12.8. The molecule has 0 aliphatic carbocycles. The Hall–Kier alpha value is -0.690. The lowest BCUT2D eigenvalue weighted by Gasteiger charge is -2.15. The van der Waals surface area contributed by atoms with Crippen molar-refractivity contribution in [2.24, 2.45) is 11.7 Å². The highest BCUT2D eigenvalue weighted by Crippen LogP contribution is 1.98. The van der Waals surface area contributed by atoms with Gasteiger partial charge in [-0.1, -0.05) is 13.8 Å². The van der Waals surface area contributed by atoms with E-state index in [1.807, 2.05) is 13.8 Å². The second kappa shape index (κ2) is 10.5. The lowest BCUT2D eigenvalue weighted by molar-refractivity contribution is -0.126. The number of aliphatic hydroxyl groups excluding tert-OH is 1. The summed E-state index contributed by atoms with van der Waals surface area (Å²) < 4.78 is 10.1. The predicted molar refractivity (Wildman–Crippen MR) is 64.5 cm³/mol. The molecular formula is C11H24N2O4. The zero-order valence-corrected chi connectivity index (χ0v) is 10.6. The van der Waals surface area contributed by atoms with Gasteiger partial charge in [0.25, 0.3) is 0 Å². The maximum Gasteiger partial charge on any atom is 0.246 e. The molecule has 0 aromatic rings. The van der Waals surface area contributed by atoms with Gasteiger partial charge in [0.05, 0.1) is 25.9 Å². The van der Waals surface area contributed by atoms with Crippen LogP contribution in [0.15, 0.2) is 0 Å². The van der Waals surface area contributed by atoms with Crippen molar-refractivity contribution in [2.75, 3.05) is 39.5 Å². The molecule has 102 valence electrons. The van der Waals surface area contributed by atoms with Crippen LogP contribution >= 0.6 is 0 Å². The van der Waals surface area contributed by atoms with Crippen LogP contribution in [0.1, 0.15) is 13.8 Å². The standard InChI is InChI=1S/C11H24N2O4/c1-9(2)10(14)7-13-11(15)8-17-6-5-16-4-3-12/h9-10,14H,3-8,12H2,1-2H3,(H,13,15). The molecule has 0 aliphatic rings. The molecule has 1 atom stereocenters. The molecule has 0 spiro atoms. The molecule has 0 rings (SSSR count). The summed E-state index contributed by atoms with van der Waals surface area (Å²) in [6, 6.07) is 0. The summed E-state index contributed by atoms with van der Waals surface area (Å²) in [6.07, 6.45) is -0.521. The molecule has 0 saturated carbocycles. The van der Waals surface area contributed by atoms with Crippen LogP contribution in [0.25, 0.3) is 0 Å². The van der Waals surface area contributed by atoms with Crippen LogP contribution in [0.2, 0.25) is 0 Å². The van der Waals surface area contributed by atoms with E-state index < -0.39 is 6.10 Å². The van der Waals surface area contributed by atoms with Crippen molar-refractivity contribution in [1.82, 2.24) is 5.32 Å². The molecule has 0 aromatic carbocycles. The molecule has 0 aromatic heterocycles. The zero-order chi connectivity index (χ0) is 13.1. The topological polar surface area (TPSA) is 93.8 Å². The van der Waals surface area contributed by atoms with Crippen molar-refractivity contribution in [3.8, 4) is 0 Å². The first kappa shape index (κ1) is 16.3. The van der Waals surface area contributed by atoms with Crippen molar-refractivity contribution in [3.63, 3.8) is 0 Å². The molecular weight excluding hydrogens is 224 g/mol. The first-order valence-corrected chi connectivity index (χ1v) is 5.88. The van der Waals surface area contributed by atoms with Gasteiger partial charge in [0.1, 0.15) is 6.61 Å². The second-order valence-corrected chi connectivity index (χ2v) is 4.07. The zero-order valence-electron chi connectivity index (χ0n) is 10.6. The van der Waals surface area contributed by atoms with Gasteiger partial charge >= 0.3 is 0 Å². The molecule has 0 saturated heterocycles. The van der Waals surface area contributed by atoms with Crippen LogP contribution in [0, 0.1) is 5.92 Å². The highest BCUT2D eigenvalue weighted by atomic mass is 16.5. The number of hydrogen-bond donors (Lipinski definition) is 3. The van der Waals surface area contributed by atoms with E-state index in [1.54, 1.807) is 0 Å². The highest BCUT2D eigenvalue weighted by molar-refractivity contribution is 5.77. The van der Waals surface area contributed by atoms with Crippen LogP contribution in [-0.2, 0) is 14.3 Å². The fourth-order valence-electron chi connectivity index (χ4n) is 0.973. The number of ether oxygens (including phenoxy) is 2. The maximum atomic E-state index is 11.3. The smallest absolute Gasteiger partial charge is 0.246 e. The van der Waals surface area contributed by atoms with Gasteiger partial charge in [-0.05, 0) is 5.92 Å². The van der Waals surface area contributed by atoms with Gasteiger partial charge in [-0.15, -0.1) is 0 Å². The fraction of sp³-hybridized carbons (Fsp3) is 0.909. The number of carbonyl (C=O) groups is 1. The summed E-state index contributed by atoms with van der Waals surface area (Å²) in [5, 5.41) is 12.0. The van der Waals surface area contributed by atoms with Crippen molar-refractivity contribution in [1.29, 1.82) is 0 Å². The molecule has 0 bridgehead atoms. The molecule has 0 heterocycles. The van der Waals surface area contributed by atoms with Gasteiger partial charge in [0, 0.05) is 13.1 Å². The Morgan fingerprint density at radius 3 is 2.53 bits per heavy atom. The number of nitrogens with two attached hydrogens (primary N) is 1. The monoisotopic (exact) mass is 248 g/mol. The Labute approximate surface area is 102 Å². The van der Waals surface area contributed by atoms with Crippen LogP contribution in [0.5, 0.6) is 0 Å². The SMILES string of the molecule is CC(C)C(O)CNC(=O)COCCOCCN. The Morgan fingerprint density at radius 1 is 1.29 bits per heavy atom. The molecule has 1 amide bonds. The molecule has 0 fully saturated rings. The van der Waals surface area contributed by atoms with Gasteiger partial charge in [-0.25, -0.2) is 0 Å². The average molecular weight is 248 g/mol. The van der Waals surface area contributed by atoms with E-state index in [1.165, 1.54) is 0 Å². The number of aliphatic hydroxyl groups is 1. The molecule has 0 aliphatic heterocycles. The summed E-state index contributed by atoms with van der Waals surface area (Å²) in [4.78, 5) is 11.3. The third-order valence-electron chi connectivity index (χ3n) is 2.15. The Bertz CT molecular complexity index is 200. The number of hydrogen-bond acceptors (Lipinski definition) is 5. The minimum Gasteiger partial charge on any atom is -0.391 e. The van der Waals surface area contributed by atoms with Crippen LogP contribution < -0.4 is 11.1 Å². The Kier molecular flexibility index (Phi) is 10.0. The van der Waals surface area contributed by atoms with Crippen LogP contribution in [0.3, 0.4) is 0 Å². The van der Waals surface area contributed by atoms with Gasteiger partial charge < -0.3 is 25.6 Å². The molecule has 0 radical (unpaired) electrons. The Balaban J connectivity index is 3.35. The first-order chi connectivity index (χ1) is 8.07. The van der Waals surface area contributed by atoms with Gasteiger partial charge in [0.15, 0.2) is 0 Å². The van der Waals surface area contributed by atoms with E-state index in [9.17, 15) is 9.90 Å². The van der Waals surface area contributed by atoms with Crippen molar-refractivity contribution in [3.05, 3.63) is 0 Å². The minimum atomic E-state index is -0.521. The van der Waals surface area contributed by atoms with Gasteiger partial charge in [-0.2, -0.15) is 0 Å². The van der Waals surface area contributed by atoms with Gasteiger partial charge in [-0.3, -0.25) is 4.79 Å². The number of rotatable bonds is 10. The lowest BCUT2D eigenvalue weighted by atomic mass is 10.1. The molecule has 1 unspecified atom stereocenters. The predicted octanol–water partition coefficient (Wildman–Crippen LogP) is -0.889.